The van der Waals surface area contributed by atoms with Gasteiger partial charge in [-0.25, -0.2) is 4.39 Å². The molecule has 0 aliphatic rings. The Bertz CT molecular complexity index is 600. The van der Waals surface area contributed by atoms with Crippen LogP contribution in [-0.4, -0.2) is 16.4 Å². The number of phenols is 2. The molecule has 0 atom stereocenters. The van der Waals surface area contributed by atoms with Crippen molar-refractivity contribution in [1.82, 2.24) is 5.43 Å². The van der Waals surface area contributed by atoms with E-state index in [9.17, 15) is 14.6 Å². The van der Waals surface area contributed by atoms with Gasteiger partial charge >= 0.3 is 0 Å². The molecule has 2 aromatic rings. The van der Waals surface area contributed by atoms with Gasteiger partial charge < -0.3 is 15.6 Å². The molecule has 0 bridgehead atoms. The molecule has 4 nitrogen and oxygen atoms in total. The van der Waals surface area contributed by atoms with Crippen molar-refractivity contribution in [3.05, 3.63) is 59.4 Å². The fourth-order valence-electron chi connectivity index (χ4n) is 1.54. The molecule has 0 aromatic heterocycles. The number of halogens is 1. The quantitative estimate of drug-likeness (QED) is 0.584. The van der Waals surface area contributed by atoms with Gasteiger partial charge in [-0.05, 0) is 18.2 Å². The van der Waals surface area contributed by atoms with E-state index in [0.29, 0.717) is 12.1 Å². The minimum atomic E-state index is -0.690. The molecule has 2 rings (SSSR count). The van der Waals surface area contributed by atoms with Gasteiger partial charge in [-0.2, -0.15) is 5.10 Å². The van der Waals surface area contributed by atoms with Crippen LogP contribution in [0.4, 0.5) is 4.39 Å². The van der Waals surface area contributed by atoms with Gasteiger partial charge in [-0.15, -0.1) is 0 Å². The Morgan fingerprint density at radius 2 is 1.89 bits per heavy atom. The van der Waals surface area contributed by atoms with Gasteiger partial charge in [0.2, 0.25) is 0 Å². The third kappa shape index (κ3) is 3.22. The summed E-state index contributed by atoms with van der Waals surface area (Å²) >= 11 is 0. The van der Waals surface area contributed by atoms with Crippen LogP contribution < -0.4 is 5.43 Å². The lowest BCUT2D eigenvalue weighted by atomic mass is 10.2. The smallest absolute Gasteiger partial charge is 0.165 e. The molecule has 0 spiro atoms. The second kappa shape index (κ2) is 5.86. The number of nitrogens with zero attached hydrogens (tertiary/aromatic N) is 1. The minimum absolute atomic E-state index is 0.179. The van der Waals surface area contributed by atoms with Crippen LogP contribution in [-0.2, 0) is 6.54 Å². The minimum Gasteiger partial charge on any atom is -0.508 e. The Kier molecular flexibility index (Phi) is 3.97. The van der Waals surface area contributed by atoms with E-state index in [1.54, 1.807) is 30.3 Å². The third-order valence-electron chi connectivity index (χ3n) is 2.57. The molecule has 98 valence electrons. The first-order valence-electron chi connectivity index (χ1n) is 5.69. The highest BCUT2D eigenvalue weighted by atomic mass is 19.1. The van der Waals surface area contributed by atoms with Gasteiger partial charge in [0.05, 0.1) is 12.8 Å². The Hall–Kier alpha value is -2.56. The number of hydrazone groups is 1. The van der Waals surface area contributed by atoms with E-state index >= 15 is 0 Å². The number of hydrogen-bond donors (Lipinski definition) is 3. The van der Waals surface area contributed by atoms with Crippen LogP contribution >= 0.6 is 0 Å². The summed E-state index contributed by atoms with van der Waals surface area (Å²) in [5.74, 6) is -0.945. The van der Waals surface area contributed by atoms with E-state index in [4.69, 9.17) is 0 Å². The summed E-state index contributed by atoms with van der Waals surface area (Å²) in [5.41, 5.74) is 3.69. The van der Waals surface area contributed by atoms with E-state index in [2.05, 4.69) is 10.5 Å². The summed E-state index contributed by atoms with van der Waals surface area (Å²) in [6, 6.07) is 11.1. The van der Waals surface area contributed by atoms with Crippen LogP contribution in [0, 0.1) is 5.82 Å². The topological polar surface area (TPSA) is 64.8 Å². The molecule has 0 saturated carbocycles. The number of benzene rings is 2. The zero-order chi connectivity index (χ0) is 13.7. The lowest BCUT2D eigenvalue weighted by Gasteiger charge is -2.03. The molecule has 2 aromatic carbocycles. The Balaban J connectivity index is 1.98. The molecule has 0 radical (unpaired) electrons. The van der Waals surface area contributed by atoms with Gasteiger partial charge in [0, 0.05) is 11.1 Å². The first-order valence-corrected chi connectivity index (χ1v) is 5.69. The van der Waals surface area contributed by atoms with E-state index in [0.717, 1.165) is 0 Å². The van der Waals surface area contributed by atoms with Crippen molar-refractivity contribution in [2.24, 2.45) is 5.10 Å². The number of hydrogen-bond acceptors (Lipinski definition) is 4. The van der Waals surface area contributed by atoms with Crippen molar-refractivity contribution in [2.45, 2.75) is 6.54 Å². The molecule has 3 N–H and O–H groups in total. The van der Waals surface area contributed by atoms with Gasteiger partial charge in [0.25, 0.3) is 0 Å². The van der Waals surface area contributed by atoms with E-state index in [-0.39, 0.29) is 11.3 Å². The largest absolute Gasteiger partial charge is 0.508 e. The number of aromatic hydroxyl groups is 2. The Labute approximate surface area is 109 Å². The first-order chi connectivity index (χ1) is 9.18. The highest BCUT2D eigenvalue weighted by Crippen LogP contribution is 2.18. The van der Waals surface area contributed by atoms with Gasteiger partial charge in [-0.3, -0.25) is 0 Å². The number of para-hydroxylation sites is 2. The molecule has 0 unspecified atom stereocenters. The van der Waals surface area contributed by atoms with Crippen molar-refractivity contribution in [1.29, 1.82) is 0 Å². The van der Waals surface area contributed by atoms with Crippen LogP contribution in [0.3, 0.4) is 0 Å². The van der Waals surface area contributed by atoms with Gasteiger partial charge in [0.15, 0.2) is 11.6 Å². The Morgan fingerprint density at radius 1 is 1.11 bits per heavy atom. The molecule has 0 aliphatic carbocycles. The highest BCUT2D eigenvalue weighted by Gasteiger charge is 2.03. The molecule has 0 fully saturated rings. The summed E-state index contributed by atoms with van der Waals surface area (Å²) in [6.07, 6.45) is 1.32. The average molecular weight is 260 g/mol. The molecule has 0 saturated heterocycles. The zero-order valence-electron chi connectivity index (χ0n) is 10.0. The van der Waals surface area contributed by atoms with Crippen LogP contribution in [0.2, 0.25) is 0 Å². The van der Waals surface area contributed by atoms with Crippen molar-refractivity contribution in [3.8, 4) is 11.5 Å². The second-order valence-corrected chi connectivity index (χ2v) is 3.90. The normalized spacial score (nSPS) is 10.8. The highest BCUT2D eigenvalue weighted by molar-refractivity contribution is 5.83. The standard InChI is InChI=1S/C14H13FN2O2/c15-12-6-3-5-11(14(12)19)9-17-16-8-10-4-1-2-7-13(10)18/h1-7,9,16,18-19H,8H2. The predicted molar refractivity (Wildman–Crippen MR) is 70.6 cm³/mol. The summed E-state index contributed by atoms with van der Waals surface area (Å²) in [7, 11) is 0. The average Bonchev–Trinajstić information content (AvgIpc) is 2.41. The number of nitrogens with one attached hydrogen (secondary N) is 1. The van der Waals surface area contributed by atoms with Gasteiger partial charge in [-0.1, -0.05) is 24.3 Å². The predicted octanol–water partition coefficient (Wildman–Crippen LogP) is 2.36. The summed E-state index contributed by atoms with van der Waals surface area (Å²) in [5, 5.41) is 22.8. The summed E-state index contributed by atoms with van der Waals surface area (Å²) < 4.78 is 13.0. The number of phenolic OH excluding ortho intramolecular Hbond substituents is 2. The van der Waals surface area contributed by atoms with Gasteiger partial charge in [0.1, 0.15) is 5.75 Å². The molecular weight excluding hydrogens is 247 g/mol. The fraction of sp³-hybridized carbons (Fsp3) is 0.0714. The lowest BCUT2D eigenvalue weighted by molar-refractivity contribution is 0.431. The lowest BCUT2D eigenvalue weighted by Crippen LogP contribution is -2.05. The van der Waals surface area contributed by atoms with Crippen LogP contribution in [0.25, 0.3) is 0 Å². The van der Waals surface area contributed by atoms with E-state index < -0.39 is 11.6 Å². The third-order valence-corrected chi connectivity index (χ3v) is 2.57. The molecule has 0 amide bonds. The second-order valence-electron chi connectivity index (χ2n) is 3.90. The number of rotatable bonds is 4. The molecular formula is C14H13FN2O2. The maximum atomic E-state index is 13.0. The SMILES string of the molecule is Oc1ccccc1CNN=Cc1cccc(F)c1O. The first kappa shape index (κ1) is 12.9. The summed E-state index contributed by atoms with van der Waals surface area (Å²) in [6.45, 7) is 0.333. The van der Waals surface area contributed by atoms with E-state index in [1.807, 2.05) is 0 Å². The zero-order valence-corrected chi connectivity index (χ0v) is 10.0. The monoisotopic (exact) mass is 260 g/mol. The van der Waals surface area contributed by atoms with Crippen LogP contribution in [0.5, 0.6) is 11.5 Å². The van der Waals surface area contributed by atoms with Crippen molar-refractivity contribution < 1.29 is 14.6 Å². The van der Waals surface area contributed by atoms with Crippen molar-refractivity contribution in [2.75, 3.05) is 0 Å². The molecule has 0 aliphatic heterocycles. The molecule has 0 heterocycles. The maximum Gasteiger partial charge on any atom is 0.165 e. The van der Waals surface area contributed by atoms with Crippen molar-refractivity contribution in [3.63, 3.8) is 0 Å². The van der Waals surface area contributed by atoms with E-state index in [1.165, 1.54) is 18.3 Å². The molecule has 5 heteroatoms. The van der Waals surface area contributed by atoms with Crippen LogP contribution in [0.1, 0.15) is 11.1 Å². The van der Waals surface area contributed by atoms with Crippen LogP contribution in [0.15, 0.2) is 47.6 Å². The molecule has 19 heavy (non-hydrogen) atoms. The fourth-order valence-corrected chi connectivity index (χ4v) is 1.54. The maximum absolute atomic E-state index is 13.0. The summed E-state index contributed by atoms with van der Waals surface area (Å²) in [4.78, 5) is 0. The van der Waals surface area contributed by atoms with Crippen molar-refractivity contribution >= 4 is 6.21 Å². The Morgan fingerprint density at radius 3 is 2.68 bits per heavy atom.